The maximum absolute atomic E-state index is 4.78. The zero-order valence-corrected chi connectivity index (χ0v) is 12.0. The number of aromatic nitrogens is 2. The predicted octanol–water partition coefficient (Wildman–Crippen LogP) is 2.37. The van der Waals surface area contributed by atoms with Gasteiger partial charge in [0.05, 0.1) is 16.7 Å². The van der Waals surface area contributed by atoms with Crippen LogP contribution in [-0.2, 0) is 0 Å². The van der Waals surface area contributed by atoms with Crippen LogP contribution in [0.1, 0.15) is 19.0 Å². The van der Waals surface area contributed by atoms with Gasteiger partial charge in [0, 0.05) is 19.6 Å². The van der Waals surface area contributed by atoms with Crippen LogP contribution in [0.5, 0.6) is 0 Å². The molecule has 0 amide bonds. The monoisotopic (exact) mass is 258 g/mol. The molecule has 0 aliphatic rings. The second-order valence-electron chi connectivity index (χ2n) is 4.71. The van der Waals surface area contributed by atoms with Crippen LogP contribution in [0.2, 0.25) is 0 Å². The van der Waals surface area contributed by atoms with E-state index >= 15 is 0 Å². The predicted molar refractivity (Wildman–Crippen MR) is 80.7 cm³/mol. The first-order chi connectivity index (χ1) is 9.26. The van der Waals surface area contributed by atoms with Crippen molar-refractivity contribution < 1.29 is 0 Å². The zero-order valence-electron chi connectivity index (χ0n) is 12.0. The first kappa shape index (κ1) is 13.7. The summed E-state index contributed by atoms with van der Waals surface area (Å²) in [6.45, 7) is 7.15. The Morgan fingerprint density at radius 2 is 1.79 bits per heavy atom. The van der Waals surface area contributed by atoms with Gasteiger partial charge in [0.25, 0.3) is 0 Å². The first-order valence-electron chi connectivity index (χ1n) is 6.89. The van der Waals surface area contributed by atoms with Crippen molar-refractivity contribution >= 4 is 16.9 Å². The molecule has 102 valence electrons. The van der Waals surface area contributed by atoms with E-state index in [2.05, 4.69) is 22.1 Å². The number of nitrogens with zero attached hydrogens (tertiary/aromatic N) is 3. The zero-order chi connectivity index (χ0) is 13.7. The van der Waals surface area contributed by atoms with Crippen molar-refractivity contribution in [3.05, 3.63) is 30.0 Å². The SMILES string of the molecule is CCCN(CCNC)c1nc2ccccc2nc1C. The second kappa shape index (κ2) is 6.48. The van der Waals surface area contributed by atoms with E-state index in [1.54, 1.807) is 0 Å². The van der Waals surface area contributed by atoms with Gasteiger partial charge in [0.2, 0.25) is 0 Å². The number of nitrogens with one attached hydrogen (secondary N) is 1. The molecule has 1 N–H and O–H groups in total. The Labute approximate surface area is 114 Å². The summed E-state index contributed by atoms with van der Waals surface area (Å²) in [5, 5.41) is 3.19. The van der Waals surface area contributed by atoms with Crippen LogP contribution in [0, 0.1) is 6.92 Å². The van der Waals surface area contributed by atoms with Crippen LogP contribution in [0.4, 0.5) is 5.82 Å². The van der Waals surface area contributed by atoms with Gasteiger partial charge in [-0.3, -0.25) is 0 Å². The smallest absolute Gasteiger partial charge is 0.150 e. The molecule has 2 aromatic rings. The molecule has 1 heterocycles. The van der Waals surface area contributed by atoms with Crippen LogP contribution in [-0.4, -0.2) is 36.6 Å². The van der Waals surface area contributed by atoms with Gasteiger partial charge < -0.3 is 10.2 Å². The molecule has 2 rings (SSSR count). The van der Waals surface area contributed by atoms with Crippen LogP contribution in [0.25, 0.3) is 11.0 Å². The fraction of sp³-hybridized carbons (Fsp3) is 0.467. The fourth-order valence-electron chi connectivity index (χ4n) is 2.22. The van der Waals surface area contributed by atoms with Crippen LogP contribution >= 0.6 is 0 Å². The van der Waals surface area contributed by atoms with Gasteiger partial charge in [-0.15, -0.1) is 0 Å². The highest BCUT2D eigenvalue weighted by molar-refractivity contribution is 5.76. The second-order valence-corrected chi connectivity index (χ2v) is 4.71. The average molecular weight is 258 g/mol. The van der Waals surface area contributed by atoms with Crippen molar-refractivity contribution in [1.82, 2.24) is 15.3 Å². The van der Waals surface area contributed by atoms with E-state index in [1.165, 1.54) is 0 Å². The Hall–Kier alpha value is -1.68. The van der Waals surface area contributed by atoms with Crippen LogP contribution < -0.4 is 10.2 Å². The van der Waals surface area contributed by atoms with Crippen LogP contribution in [0.15, 0.2) is 24.3 Å². The van der Waals surface area contributed by atoms with Gasteiger partial charge in [-0.1, -0.05) is 19.1 Å². The maximum Gasteiger partial charge on any atom is 0.150 e. The molecule has 0 saturated carbocycles. The molecule has 0 saturated heterocycles. The van der Waals surface area contributed by atoms with E-state index in [0.717, 1.165) is 48.6 Å². The lowest BCUT2D eigenvalue weighted by atomic mass is 10.2. The molecule has 0 atom stereocenters. The lowest BCUT2D eigenvalue weighted by molar-refractivity contribution is 0.700. The van der Waals surface area contributed by atoms with E-state index < -0.39 is 0 Å². The highest BCUT2D eigenvalue weighted by Gasteiger charge is 2.12. The minimum absolute atomic E-state index is 0.952. The highest BCUT2D eigenvalue weighted by Crippen LogP contribution is 2.19. The topological polar surface area (TPSA) is 41.0 Å². The third kappa shape index (κ3) is 3.20. The standard InChI is InChI=1S/C15H22N4/c1-4-10-19(11-9-16-3)15-12(2)17-13-7-5-6-8-14(13)18-15/h5-8,16H,4,9-11H2,1-3H3. The molecule has 0 aliphatic heterocycles. The number of rotatable bonds is 6. The van der Waals surface area contributed by atoms with Gasteiger partial charge in [-0.2, -0.15) is 0 Å². The Bertz CT molecular complexity index is 539. The summed E-state index contributed by atoms with van der Waals surface area (Å²) in [6, 6.07) is 8.04. The van der Waals surface area contributed by atoms with Gasteiger partial charge in [0.15, 0.2) is 5.82 Å². The number of hydrogen-bond acceptors (Lipinski definition) is 4. The van der Waals surface area contributed by atoms with Crippen molar-refractivity contribution in [2.45, 2.75) is 20.3 Å². The van der Waals surface area contributed by atoms with Crippen molar-refractivity contribution in [2.24, 2.45) is 0 Å². The van der Waals surface area contributed by atoms with Gasteiger partial charge in [0.1, 0.15) is 0 Å². The number of anilines is 1. The van der Waals surface area contributed by atoms with Crippen molar-refractivity contribution in [2.75, 3.05) is 31.6 Å². The van der Waals surface area contributed by atoms with Gasteiger partial charge in [-0.25, -0.2) is 9.97 Å². The maximum atomic E-state index is 4.78. The van der Waals surface area contributed by atoms with E-state index in [9.17, 15) is 0 Å². The van der Waals surface area contributed by atoms with E-state index in [1.807, 2.05) is 38.2 Å². The van der Waals surface area contributed by atoms with Crippen LogP contribution in [0.3, 0.4) is 0 Å². The molecule has 0 spiro atoms. The van der Waals surface area contributed by atoms with Crippen molar-refractivity contribution in [1.29, 1.82) is 0 Å². The summed E-state index contributed by atoms with van der Waals surface area (Å²) in [5.74, 6) is 1.01. The molecule has 0 radical (unpaired) electrons. The summed E-state index contributed by atoms with van der Waals surface area (Å²) in [6.07, 6.45) is 1.11. The first-order valence-corrected chi connectivity index (χ1v) is 6.89. The number of hydrogen-bond donors (Lipinski definition) is 1. The normalized spacial score (nSPS) is 10.9. The molecule has 4 nitrogen and oxygen atoms in total. The third-order valence-corrected chi connectivity index (χ3v) is 3.14. The Morgan fingerprint density at radius 1 is 1.11 bits per heavy atom. The summed E-state index contributed by atoms with van der Waals surface area (Å²) >= 11 is 0. The highest BCUT2D eigenvalue weighted by atomic mass is 15.2. The Balaban J connectivity index is 2.37. The summed E-state index contributed by atoms with van der Waals surface area (Å²) in [5.41, 5.74) is 2.94. The molecular weight excluding hydrogens is 236 g/mol. The summed E-state index contributed by atoms with van der Waals surface area (Å²) < 4.78 is 0. The Morgan fingerprint density at radius 3 is 2.42 bits per heavy atom. The van der Waals surface area contributed by atoms with Gasteiger partial charge >= 0.3 is 0 Å². The third-order valence-electron chi connectivity index (χ3n) is 3.14. The number of benzene rings is 1. The molecule has 1 aromatic heterocycles. The number of para-hydroxylation sites is 2. The fourth-order valence-corrected chi connectivity index (χ4v) is 2.22. The quantitative estimate of drug-likeness (QED) is 0.863. The molecular formula is C15H22N4. The summed E-state index contributed by atoms with van der Waals surface area (Å²) in [7, 11) is 1.98. The Kier molecular flexibility index (Phi) is 4.68. The molecule has 0 aliphatic carbocycles. The van der Waals surface area contributed by atoms with Gasteiger partial charge in [-0.05, 0) is 32.5 Å². The summed E-state index contributed by atoms with van der Waals surface area (Å²) in [4.78, 5) is 11.8. The molecule has 0 unspecified atom stereocenters. The number of fused-ring (bicyclic) bond motifs is 1. The average Bonchev–Trinajstić information content (AvgIpc) is 2.43. The molecule has 19 heavy (non-hydrogen) atoms. The molecule has 0 bridgehead atoms. The number of likely N-dealkylation sites (N-methyl/N-ethyl adjacent to an activating group) is 1. The number of aryl methyl sites for hydroxylation is 1. The lowest BCUT2D eigenvalue weighted by Crippen LogP contribution is -2.32. The van der Waals surface area contributed by atoms with E-state index in [4.69, 9.17) is 4.98 Å². The molecule has 4 heteroatoms. The lowest BCUT2D eigenvalue weighted by Gasteiger charge is -2.24. The molecule has 1 aromatic carbocycles. The molecule has 0 fully saturated rings. The van der Waals surface area contributed by atoms with Crippen molar-refractivity contribution in [3.8, 4) is 0 Å². The minimum Gasteiger partial charge on any atom is -0.354 e. The van der Waals surface area contributed by atoms with Crippen molar-refractivity contribution in [3.63, 3.8) is 0 Å². The van der Waals surface area contributed by atoms with E-state index in [-0.39, 0.29) is 0 Å². The minimum atomic E-state index is 0.952. The largest absolute Gasteiger partial charge is 0.354 e. The van der Waals surface area contributed by atoms with E-state index in [0.29, 0.717) is 0 Å².